The summed E-state index contributed by atoms with van der Waals surface area (Å²) in [6.07, 6.45) is 1.30. The molecule has 7 aromatic rings. The van der Waals surface area contributed by atoms with Crippen LogP contribution in [-0.4, -0.2) is 103 Å². The van der Waals surface area contributed by atoms with Crippen molar-refractivity contribution in [1.82, 2.24) is 39.0 Å². The molecule has 3 aromatic carbocycles. The predicted molar refractivity (Wildman–Crippen MR) is 261 cm³/mol. The average Bonchev–Trinajstić information content (AvgIpc) is 4.09. The van der Waals surface area contributed by atoms with E-state index in [1.807, 2.05) is 83.4 Å². The Labute approximate surface area is 412 Å². The number of nitrogens with zero attached hydrogens (tertiary/aromatic N) is 8. The molecule has 0 saturated carbocycles. The molecule has 22 nitrogen and oxygen atoms in total. The Morgan fingerprint density at radius 2 is 1.66 bits per heavy atom. The molecule has 370 valence electrons. The van der Waals surface area contributed by atoms with Gasteiger partial charge in [0, 0.05) is 23.4 Å². The summed E-state index contributed by atoms with van der Waals surface area (Å²) >= 11 is 5.90. The molecule has 0 bridgehead atoms. The molecule has 5 heterocycles. The number of aromatic nitrogens is 8. The van der Waals surface area contributed by atoms with E-state index in [0.717, 1.165) is 16.7 Å². The number of ether oxygens (including phenoxy) is 4. The van der Waals surface area contributed by atoms with Crippen LogP contribution in [0.2, 0.25) is 0 Å². The van der Waals surface area contributed by atoms with Crippen molar-refractivity contribution in [3.05, 3.63) is 142 Å². The maximum Gasteiger partial charge on any atom is 0.695 e. The fourth-order valence-electron chi connectivity index (χ4n) is 7.96. The number of benzene rings is 3. The first kappa shape index (κ1) is 51.0. The molecule has 2 unspecified atom stereocenters. The van der Waals surface area contributed by atoms with Crippen LogP contribution in [0.4, 0.5) is 5.95 Å². The van der Waals surface area contributed by atoms with Crippen LogP contribution in [0.3, 0.4) is 0 Å². The number of H-pyrrole nitrogens is 1. The number of carbonyl (C=O) groups is 1. The fourth-order valence-corrected chi connectivity index (χ4v) is 10.2. The first-order valence-electron chi connectivity index (χ1n) is 22.1. The highest BCUT2D eigenvalue weighted by molar-refractivity contribution is 8.07. The monoisotopic (exact) mass is 1030 g/mol. The fraction of sp³-hybridized carbons (Fsp3) is 0.348. The normalized spacial score (nSPS) is 17.0. The molecule has 1 amide bonds. The second-order valence-electron chi connectivity index (χ2n) is 16.1. The lowest BCUT2D eigenvalue weighted by molar-refractivity contribution is -0.118. The second-order valence-corrected chi connectivity index (χ2v) is 19.8. The van der Waals surface area contributed by atoms with Crippen LogP contribution in [0.25, 0.3) is 27.2 Å². The number of rotatable bonds is 23. The van der Waals surface area contributed by atoms with Crippen LogP contribution in [0.15, 0.2) is 103 Å². The Bertz CT molecular complexity index is 3090. The Hall–Kier alpha value is -6.41. The van der Waals surface area contributed by atoms with Crippen LogP contribution in [0.1, 0.15) is 49.0 Å². The number of anilines is 1. The van der Waals surface area contributed by atoms with Crippen molar-refractivity contribution in [1.29, 1.82) is 0 Å². The first-order chi connectivity index (χ1) is 34.3. The lowest BCUT2D eigenvalue weighted by Gasteiger charge is -2.36. The largest absolute Gasteiger partial charge is 0.695 e. The zero-order valence-electron chi connectivity index (χ0n) is 38.8. The molecule has 1 aliphatic heterocycles. The molecular formula is C46H49N10O12P2S+. The molecule has 1 saturated heterocycles. The van der Waals surface area contributed by atoms with Gasteiger partial charge in [0.15, 0.2) is 29.1 Å². The molecule has 71 heavy (non-hydrogen) atoms. The van der Waals surface area contributed by atoms with Crippen molar-refractivity contribution in [2.75, 3.05) is 45.9 Å². The zero-order valence-corrected chi connectivity index (χ0v) is 41.4. The van der Waals surface area contributed by atoms with E-state index in [1.165, 1.54) is 17.2 Å². The minimum atomic E-state index is -3.65. The maximum absolute atomic E-state index is 13.0. The smallest absolute Gasteiger partial charge is 0.497 e. The van der Waals surface area contributed by atoms with Crippen LogP contribution in [0.5, 0.6) is 11.5 Å². The van der Waals surface area contributed by atoms with Gasteiger partial charge in [0.1, 0.15) is 48.0 Å². The van der Waals surface area contributed by atoms with Gasteiger partial charge in [0.25, 0.3) is 5.56 Å². The van der Waals surface area contributed by atoms with Gasteiger partial charge in [0.05, 0.1) is 46.1 Å². The quantitative estimate of drug-likeness (QED) is 0.0264. The van der Waals surface area contributed by atoms with Crippen LogP contribution >= 0.6 is 15.0 Å². The van der Waals surface area contributed by atoms with Gasteiger partial charge in [-0.1, -0.05) is 68.4 Å². The molecule has 1 aliphatic rings. The summed E-state index contributed by atoms with van der Waals surface area (Å²) in [6.45, 7) is 6.74. The van der Waals surface area contributed by atoms with E-state index in [1.54, 1.807) is 34.3 Å². The van der Waals surface area contributed by atoms with E-state index >= 15 is 0 Å². The van der Waals surface area contributed by atoms with E-state index in [2.05, 4.69) is 35.1 Å². The van der Waals surface area contributed by atoms with E-state index in [-0.39, 0.29) is 69.0 Å². The van der Waals surface area contributed by atoms with Crippen molar-refractivity contribution in [2.45, 2.75) is 57.5 Å². The lowest BCUT2D eigenvalue weighted by Crippen LogP contribution is -2.33. The van der Waals surface area contributed by atoms with Gasteiger partial charge in [-0.2, -0.15) is 4.98 Å². The summed E-state index contributed by atoms with van der Waals surface area (Å²) in [5.41, 5.74) is 1.65. The van der Waals surface area contributed by atoms with Crippen molar-refractivity contribution in [2.24, 2.45) is 5.92 Å². The predicted octanol–water partition coefficient (Wildman–Crippen LogP) is 6.60. The highest BCUT2D eigenvalue weighted by Crippen LogP contribution is 2.51. The summed E-state index contributed by atoms with van der Waals surface area (Å²) in [6, 6.07) is 25.2. The number of hydrogen-bond donors (Lipinski definition) is 3. The third kappa shape index (κ3) is 11.5. The van der Waals surface area contributed by atoms with Crippen LogP contribution in [0, 0.1) is 12.5 Å². The number of amides is 1. The Balaban J connectivity index is 1.03. The third-order valence-corrected chi connectivity index (χ3v) is 14.2. The maximum atomic E-state index is 13.0. The van der Waals surface area contributed by atoms with Crippen molar-refractivity contribution in [3.63, 3.8) is 0 Å². The highest BCUT2D eigenvalue weighted by atomic mass is 32.5. The van der Waals surface area contributed by atoms with E-state index in [4.69, 9.17) is 60.4 Å². The Morgan fingerprint density at radius 1 is 0.986 bits per heavy atom. The highest BCUT2D eigenvalue weighted by Gasteiger charge is 2.45. The van der Waals surface area contributed by atoms with Gasteiger partial charge < -0.3 is 41.9 Å². The number of carbonyl (C=O) groups excluding carboxylic acids is 1. The lowest BCUT2D eigenvalue weighted by atomic mass is 9.80. The number of fused-ring (bicyclic) bond motifs is 2. The molecule has 0 aliphatic carbocycles. The summed E-state index contributed by atoms with van der Waals surface area (Å²) in [7, 11) is 0.102. The number of imidazole rings is 2. The minimum absolute atomic E-state index is 0.0190. The van der Waals surface area contributed by atoms with Gasteiger partial charge in [-0.25, -0.2) is 26.5 Å². The third-order valence-electron chi connectivity index (χ3n) is 11.4. The summed E-state index contributed by atoms with van der Waals surface area (Å²) in [5, 5.41) is 2.56. The van der Waals surface area contributed by atoms with Gasteiger partial charge in [0.2, 0.25) is 18.4 Å². The molecule has 1 fully saturated rings. The first-order valence-corrected chi connectivity index (χ1v) is 25.8. The Morgan fingerprint density at radius 3 is 2.31 bits per heavy atom. The number of aromatic amines is 1. The van der Waals surface area contributed by atoms with Gasteiger partial charge in [-0.15, -0.1) is 9.42 Å². The second kappa shape index (κ2) is 22.8. The number of nitrogens with one attached hydrogen (secondary N) is 2. The molecule has 3 N–H and O–H groups in total. The molecule has 0 radical (unpaired) electrons. The van der Waals surface area contributed by atoms with Gasteiger partial charge in [-0.05, 0) is 52.8 Å². The molecule has 4 aromatic heterocycles. The topological polar surface area (TPSA) is 252 Å². The number of hydrogen-bond acceptors (Lipinski definition) is 17. The number of methoxy groups -OCH3 is 2. The van der Waals surface area contributed by atoms with Crippen molar-refractivity contribution in [3.8, 4) is 11.5 Å². The average molecular weight is 1030 g/mol. The summed E-state index contributed by atoms with van der Waals surface area (Å²) < 4.78 is 63.6. The molecule has 5 atom stereocenters. The van der Waals surface area contributed by atoms with E-state index in [0.29, 0.717) is 28.5 Å². The Kier molecular flexibility index (Phi) is 16.3. The zero-order chi connectivity index (χ0) is 50.1. The molecule has 8 rings (SSSR count). The standard InChI is InChI=1S/C46H48N10O12P2S/c1-29(2)42(57)53-45-52-41-39(43(58)54-45)50-28-56(41)44-37(68-69(59)60)23-35(67-44)25-66-70(71,64-21-19-47-3)65-22-20-55-38(51-36-24-48-27-49-40(36)55)26-63-46(30-9-7-6-8-10-30,31-11-15-33(61-4)16-12-31)32-13-17-34(62-5)18-14-32/h6-18,24,27-29,35,37,44H,19-23,25-26H2,1-2,4-5H3,(H2-,52,53,54,57,58,59,60)/p+1/t35-,37+,44+,70?/m0/s1. The van der Waals surface area contributed by atoms with Crippen LogP contribution < -0.4 is 20.3 Å². The minimum Gasteiger partial charge on any atom is -0.497 e. The summed E-state index contributed by atoms with van der Waals surface area (Å²) in [4.78, 5) is 63.3. The van der Waals surface area contributed by atoms with E-state index in [9.17, 15) is 19.0 Å². The van der Waals surface area contributed by atoms with Crippen molar-refractivity contribution >= 4 is 61.0 Å². The molecule has 25 heteroatoms. The van der Waals surface area contributed by atoms with Gasteiger partial charge >= 0.3 is 15.0 Å². The van der Waals surface area contributed by atoms with Gasteiger partial charge in [-0.3, -0.25) is 24.5 Å². The SMILES string of the molecule is [C-]#[N+]CCOP(=S)(OCCn1c(COC(c2ccccc2)(c2ccc(OC)cc2)c2ccc(OC)cc2)nc2cncnc21)OC[C@@H]1C[C@@H](O[P+](=O)O)[C@H](n2cnc3c(=O)[nH]c(NC(=O)C(C)C)nc32)O1. The van der Waals surface area contributed by atoms with E-state index < -0.39 is 50.5 Å². The van der Waals surface area contributed by atoms with Crippen LogP contribution in [-0.2, 0) is 67.5 Å². The van der Waals surface area contributed by atoms with Crippen molar-refractivity contribution < 1.29 is 51.3 Å². The molecular weight excluding hydrogens is 979 g/mol. The summed E-state index contributed by atoms with van der Waals surface area (Å²) in [5.74, 6) is 0.922. The molecule has 0 spiro atoms.